The van der Waals surface area contributed by atoms with Gasteiger partial charge in [0.25, 0.3) is 11.6 Å². The van der Waals surface area contributed by atoms with E-state index in [0.717, 1.165) is 6.08 Å². The molecule has 0 saturated carbocycles. The minimum absolute atomic E-state index is 0.110. The highest BCUT2D eigenvalue weighted by Gasteiger charge is 2.17. The maximum atomic E-state index is 13.4. The van der Waals surface area contributed by atoms with Crippen LogP contribution in [-0.2, 0) is 14.3 Å². The number of esters is 1. The van der Waals surface area contributed by atoms with Crippen molar-refractivity contribution in [1.82, 2.24) is 0 Å². The third kappa shape index (κ3) is 5.23. The third-order valence-corrected chi connectivity index (χ3v) is 3.31. The van der Waals surface area contributed by atoms with Gasteiger partial charge in [0.2, 0.25) is 0 Å². The Balaban J connectivity index is 1.90. The summed E-state index contributed by atoms with van der Waals surface area (Å²) in [5.41, 5.74) is 0.429. The summed E-state index contributed by atoms with van der Waals surface area (Å²) in [4.78, 5) is 33.7. The molecule has 1 atom stereocenters. The van der Waals surface area contributed by atoms with Gasteiger partial charge in [-0.2, -0.15) is 0 Å². The van der Waals surface area contributed by atoms with E-state index in [1.54, 1.807) is 6.07 Å². The Morgan fingerprint density at radius 1 is 1.19 bits per heavy atom. The Labute approximate surface area is 148 Å². The van der Waals surface area contributed by atoms with Gasteiger partial charge >= 0.3 is 5.97 Å². The Kier molecular flexibility index (Phi) is 6.15. The number of halogens is 1. The smallest absolute Gasteiger partial charge is 0.331 e. The van der Waals surface area contributed by atoms with Crippen molar-refractivity contribution >= 4 is 29.3 Å². The summed E-state index contributed by atoms with van der Waals surface area (Å²) in [5, 5.41) is 13.1. The fraction of sp³-hybridized carbons (Fsp3) is 0.111. The zero-order chi connectivity index (χ0) is 19.1. The van der Waals surface area contributed by atoms with Gasteiger partial charge in [-0.1, -0.05) is 18.2 Å². The van der Waals surface area contributed by atoms with Crippen LogP contribution in [0.1, 0.15) is 12.5 Å². The Hall–Kier alpha value is -3.55. The van der Waals surface area contributed by atoms with Crippen molar-refractivity contribution in [2.45, 2.75) is 13.0 Å². The molecule has 8 heteroatoms. The molecule has 0 radical (unpaired) electrons. The highest BCUT2D eigenvalue weighted by atomic mass is 19.1. The van der Waals surface area contributed by atoms with E-state index >= 15 is 0 Å². The number of carbonyl (C=O) groups is 2. The van der Waals surface area contributed by atoms with Crippen LogP contribution in [0.4, 0.5) is 15.8 Å². The standard InChI is InChI=1S/C18H15FN2O5/c1-12(18(23)20-14-7-9-15(10-8-14)21(24)25)26-17(22)11-6-13-4-2-3-5-16(13)19/h2-12H,1H3,(H,20,23)/b11-6+. The zero-order valence-corrected chi connectivity index (χ0v) is 13.7. The molecule has 0 heterocycles. The predicted octanol–water partition coefficient (Wildman–Crippen LogP) is 3.32. The van der Waals surface area contributed by atoms with E-state index in [9.17, 15) is 24.1 Å². The second-order valence-electron chi connectivity index (χ2n) is 5.23. The summed E-state index contributed by atoms with van der Waals surface area (Å²) >= 11 is 0. The number of amides is 1. The number of non-ortho nitro benzene ring substituents is 1. The van der Waals surface area contributed by atoms with Crippen molar-refractivity contribution in [2.75, 3.05) is 5.32 Å². The van der Waals surface area contributed by atoms with Gasteiger partial charge in [-0.25, -0.2) is 9.18 Å². The first-order valence-corrected chi connectivity index (χ1v) is 7.55. The average molecular weight is 358 g/mol. The van der Waals surface area contributed by atoms with E-state index in [1.807, 2.05) is 0 Å². The highest BCUT2D eigenvalue weighted by Crippen LogP contribution is 2.16. The maximum absolute atomic E-state index is 13.4. The lowest BCUT2D eigenvalue weighted by Crippen LogP contribution is -2.29. The van der Waals surface area contributed by atoms with E-state index in [4.69, 9.17) is 4.74 Å². The fourth-order valence-corrected chi connectivity index (χ4v) is 1.95. The van der Waals surface area contributed by atoms with Crippen molar-refractivity contribution in [3.8, 4) is 0 Å². The van der Waals surface area contributed by atoms with Gasteiger partial charge in [-0.15, -0.1) is 0 Å². The number of anilines is 1. The predicted molar refractivity (Wildman–Crippen MR) is 92.7 cm³/mol. The summed E-state index contributed by atoms with van der Waals surface area (Å²) in [6, 6.07) is 11.1. The molecule has 2 aromatic rings. The van der Waals surface area contributed by atoms with Gasteiger partial charge in [-0.05, 0) is 31.2 Å². The zero-order valence-electron chi connectivity index (χ0n) is 13.7. The molecule has 2 aromatic carbocycles. The van der Waals surface area contributed by atoms with E-state index in [-0.39, 0.29) is 11.3 Å². The second-order valence-corrected chi connectivity index (χ2v) is 5.23. The van der Waals surface area contributed by atoms with E-state index in [2.05, 4.69) is 5.32 Å². The molecule has 134 valence electrons. The van der Waals surface area contributed by atoms with Crippen LogP contribution < -0.4 is 5.32 Å². The normalized spacial score (nSPS) is 11.8. The summed E-state index contributed by atoms with van der Waals surface area (Å²) < 4.78 is 18.4. The number of nitro groups is 1. The molecule has 0 aromatic heterocycles. The SMILES string of the molecule is CC(OC(=O)/C=C/c1ccccc1F)C(=O)Nc1ccc([N+](=O)[O-])cc1. The number of nitrogens with one attached hydrogen (secondary N) is 1. The molecule has 0 aliphatic heterocycles. The lowest BCUT2D eigenvalue weighted by Gasteiger charge is -2.12. The lowest BCUT2D eigenvalue weighted by atomic mass is 10.2. The largest absolute Gasteiger partial charge is 0.449 e. The van der Waals surface area contributed by atoms with Gasteiger partial charge in [0.1, 0.15) is 5.82 Å². The van der Waals surface area contributed by atoms with Crippen molar-refractivity contribution in [2.24, 2.45) is 0 Å². The van der Waals surface area contributed by atoms with Crippen molar-refractivity contribution in [1.29, 1.82) is 0 Å². The molecular formula is C18H15FN2O5. The number of hydrogen-bond acceptors (Lipinski definition) is 5. The number of ether oxygens (including phenoxy) is 1. The lowest BCUT2D eigenvalue weighted by molar-refractivity contribution is -0.384. The fourth-order valence-electron chi connectivity index (χ4n) is 1.95. The molecule has 0 bridgehead atoms. The number of hydrogen-bond donors (Lipinski definition) is 1. The highest BCUT2D eigenvalue weighted by molar-refractivity contribution is 5.96. The minimum atomic E-state index is -1.11. The second kappa shape index (κ2) is 8.52. The number of rotatable bonds is 6. The number of carbonyl (C=O) groups excluding carboxylic acids is 2. The van der Waals surface area contributed by atoms with Crippen molar-refractivity contribution < 1.29 is 23.6 Å². The van der Waals surface area contributed by atoms with Gasteiger partial charge in [0.15, 0.2) is 6.10 Å². The van der Waals surface area contributed by atoms with Crippen LogP contribution in [0.15, 0.2) is 54.6 Å². The van der Waals surface area contributed by atoms with E-state index < -0.39 is 28.7 Å². The Morgan fingerprint density at radius 2 is 1.85 bits per heavy atom. The maximum Gasteiger partial charge on any atom is 0.331 e. The van der Waals surface area contributed by atoms with Crippen LogP contribution in [0.25, 0.3) is 6.08 Å². The number of nitrogens with zero attached hydrogens (tertiary/aromatic N) is 1. The van der Waals surface area contributed by atoms with Crippen LogP contribution in [-0.4, -0.2) is 22.9 Å². The molecule has 1 N–H and O–H groups in total. The van der Waals surface area contributed by atoms with Gasteiger partial charge < -0.3 is 10.1 Å². The first kappa shape index (κ1) is 18.8. The topological polar surface area (TPSA) is 98.5 Å². The molecule has 0 fully saturated rings. The Bertz CT molecular complexity index is 849. The quantitative estimate of drug-likeness (QED) is 0.370. The summed E-state index contributed by atoms with van der Waals surface area (Å²) in [6.07, 6.45) is 1.16. The van der Waals surface area contributed by atoms with Gasteiger partial charge in [0, 0.05) is 29.5 Å². The number of benzene rings is 2. The molecule has 1 unspecified atom stereocenters. The van der Waals surface area contributed by atoms with Crippen LogP contribution in [0, 0.1) is 15.9 Å². The number of nitro benzene ring substituents is 1. The van der Waals surface area contributed by atoms with Crippen LogP contribution in [0.5, 0.6) is 0 Å². The van der Waals surface area contributed by atoms with Gasteiger partial charge in [-0.3, -0.25) is 14.9 Å². The summed E-state index contributed by atoms with van der Waals surface area (Å²) in [6.45, 7) is 1.37. The van der Waals surface area contributed by atoms with Crippen LogP contribution in [0.3, 0.4) is 0 Å². The molecule has 26 heavy (non-hydrogen) atoms. The molecule has 0 spiro atoms. The minimum Gasteiger partial charge on any atom is -0.449 e. The average Bonchev–Trinajstić information content (AvgIpc) is 2.61. The van der Waals surface area contributed by atoms with Crippen molar-refractivity contribution in [3.05, 3.63) is 76.1 Å². The molecule has 1 amide bonds. The van der Waals surface area contributed by atoms with E-state index in [1.165, 1.54) is 55.5 Å². The van der Waals surface area contributed by atoms with E-state index in [0.29, 0.717) is 5.69 Å². The first-order chi connectivity index (χ1) is 12.4. The molecule has 2 rings (SSSR count). The molecule has 0 aliphatic rings. The molecule has 0 saturated heterocycles. The summed E-state index contributed by atoms with van der Waals surface area (Å²) in [5.74, 6) is -1.90. The first-order valence-electron chi connectivity index (χ1n) is 7.55. The van der Waals surface area contributed by atoms with Crippen LogP contribution in [0.2, 0.25) is 0 Å². The monoisotopic (exact) mass is 358 g/mol. The summed E-state index contributed by atoms with van der Waals surface area (Å²) in [7, 11) is 0. The van der Waals surface area contributed by atoms with Crippen LogP contribution >= 0.6 is 0 Å². The Morgan fingerprint density at radius 3 is 2.46 bits per heavy atom. The third-order valence-electron chi connectivity index (χ3n) is 3.31. The molecular weight excluding hydrogens is 343 g/mol. The molecule has 7 nitrogen and oxygen atoms in total. The molecule has 0 aliphatic carbocycles. The van der Waals surface area contributed by atoms with Crippen molar-refractivity contribution in [3.63, 3.8) is 0 Å². The van der Waals surface area contributed by atoms with Gasteiger partial charge in [0.05, 0.1) is 4.92 Å².